The topological polar surface area (TPSA) is 36.0 Å². The highest BCUT2D eigenvalue weighted by Crippen LogP contribution is 2.25. The molecule has 18 heavy (non-hydrogen) atoms. The molecule has 0 saturated heterocycles. The number of nitrogens with one attached hydrogen (secondary N) is 1. The van der Waals surface area contributed by atoms with Crippen LogP contribution in [0.15, 0.2) is 48.5 Å². The predicted molar refractivity (Wildman–Crippen MR) is 74.4 cm³/mol. The SMILES string of the molecule is Cc1[nH]c(-c2ccc3ccccc3c2)cc1CO. The third-order valence-electron chi connectivity index (χ3n) is 3.35. The number of rotatable bonds is 2. The van der Waals surface area contributed by atoms with Gasteiger partial charge in [-0.3, -0.25) is 0 Å². The second kappa shape index (κ2) is 4.31. The normalized spacial score (nSPS) is 11.0. The molecule has 2 aromatic carbocycles. The van der Waals surface area contributed by atoms with E-state index < -0.39 is 0 Å². The van der Waals surface area contributed by atoms with Gasteiger partial charge < -0.3 is 10.1 Å². The molecule has 2 N–H and O–H groups in total. The average molecular weight is 237 g/mol. The van der Waals surface area contributed by atoms with Gasteiger partial charge in [-0.25, -0.2) is 0 Å². The van der Waals surface area contributed by atoms with Gasteiger partial charge in [0, 0.05) is 11.4 Å². The number of hydrogen-bond acceptors (Lipinski definition) is 1. The number of aryl methyl sites for hydroxylation is 1. The van der Waals surface area contributed by atoms with Crippen LogP contribution < -0.4 is 0 Å². The minimum Gasteiger partial charge on any atom is -0.392 e. The molecule has 0 amide bonds. The molecule has 0 atom stereocenters. The highest BCUT2D eigenvalue weighted by atomic mass is 16.3. The van der Waals surface area contributed by atoms with Gasteiger partial charge in [-0.1, -0.05) is 36.4 Å². The summed E-state index contributed by atoms with van der Waals surface area (Å²) in [6, 6.07) is 16.7. The second-order valence-electron chi connectivity index (χ2n) is 4.55. The van der Waals surface area contributed by atoms with Gasteiger partial charge in [0.2, 0.25) is 0 Å². The van der Waals surface area contributed by atoms with Crippen LogP contribution in [-0.2, 0) is 6.61 Å². The van der Waals surface area contributed by atoms with Crippen LogP contribution in [0.25, 0.3) is 22.0 Å². The van der Waals surface area contributed by atoms with E-state index in [1.54, 1.807) is 0 Å². The summed E-state index contributed by atoms with van der Waals surface area (Å²) in [4.78, 5) is 3.32. The molecule has 1 aromatic heterocycles. The lowest BCUT2D eigenvalue weighted by atomic mass is 10.1. The molecule has 3 aromatic rings. The molecule has 90 valence electrons. The molecule has 2 heteroatoms. The molecular formula is C16H15NO. The van der Waals surface area contributed by atoms with Crippen LogP contribution in [0.5, 0.6) is 0 Å². The monoisotopic (exact) mass is 237 g/mol. The van der Waals surface area contributed by atoms with Crippen LogP contribution in [0.4, 0.5) is 0 Å². The molecule has 0 aliphatic carbocycles. The number of hydrogen-bond donors (Lipinski definition) is 2. The van der Waals surface area contributed by atoms with Crippen LogP contribution >= 0.6 is 0 Å². The summed E-state index contributed by atoms with van der Waals surface area (Å²) >= 11 is 0. The average Bonchev–Trinajstić information content (AvgIpc) is 2.79. The van der Waals surface area contributed by atoms with Crippen molar-refractivity contribution in [2.45, 2.75) is 13.5 Å². The maximum absolute atomic E-state index is 9.23. The van der Waals surface area contributed by atoms with Gasteiger partial charge in [0.25, 0.3) is 0 Å². The fourth-order valence-electron chi connectivity index (χ4n) is 2.28. The summed E-state index contributed by atoms with van der Waals surface area (Å²) in [6.07, 6.45) is 0. The Morgan fingerprint density at radius 3 is 2.50 bits per heavy atom. The summed E-state index contributed by atoms with van der Waals surface area (Å²) in [6.45, 7) is 2.06. The number of aliphatic hydroxyl groups is 1. The maximum Gasteiger partial charge on any atom is 0.0699 e. The summed E-state index contributed by atoms with van der Waals surface area (Å²) < 4.78 is 0. The fraction of sp³-hybridized carbons (Fsp3) is 0.125. The number of fused-ring (bicyclic) bond motifs is 1. The van der Waals surface area contributed by atoms with Crippen LogP contribution in [0.2, 0.25) is 0 Å². The van der Waals surface area contributed by atoms with Crippen molar-refractivity contribution in [1.29, 1.82) is 0 Å². The zero-order valence-electron chi connectivity index (χ0n) is 10.3. The lowest BCUT2D eigenvalue weighted by Gasteiger charge is -2.01. The van der Waals surface area contributed by atoms with Crippen molar-refractivity contribution in [1.82, 2.24) is 4.98 Å². The van der Waals surface area contributed by atoms with E-state index in [1.807, 2.05) is 25.1 Å². The fourth-order valence-corrected chi connectivity index (χ4v) is 2.28. The molecule has 2 nitrogen and oxygen atoms in total. The molecule has 0 unspecified atom stereocenters. The highest BCUT2D eigenvalue weighted by molar-refractivity contribution is 5.86. The van der Waals surface area contributed by atoms with Crippen molar-refractivity contribution in [3.8, 4) is 11.3 Å². The van der Waals surface area contributed by atoms with E-state index in [2.05, 4.69) is 35.3 Å². The third-order valence-corrected chi connectivity index (χ3v) is 3.35. The van der Waals surface area contributed by atoms with Gasteiger partial charge in [0.1, 0.15) is 0 Å². The number of aliphatic hydroxyl groups excluding tert-OH is 1. The van der Waals surface area contributed by atoms with Gasteiger partial charge in [0.05, 0.1) is 6.61 Å². The molecule has 1 heterocycles. The molecule has 0 fully saturated rings. The summed E-state index contributed by atoms with van der Waals surface area (Å²) in [5.41, 5.74) is 4.19. The Hall–Kier alpha value is -2.06. The number of H-pyrrole nitrogens is 1. The lowest BCUT2D eigenvalue weighted by Crippen LogP contribution is -1.81. The summed E-state index contributed by atoms with van der Waals surface area (Å²) in [5, 5.41) is 11.7. The molecule has 0 saturated carbocycles. The van der Waals surface area contributed by atoms with E-state index in [4.69, 9.17) is 0 Å². The Morgan fingerprint density at radius 1 is 1.00 bits per heavy atom. The largest absolute Gasteiger partial charge is 0.392 e. The third kappa shape index (κ3) is 1.81. The number of aromatic nitrogens is 1. The van der Waals surface area contributed by atoms with E-state index in [9.17, 15) is 5.11 Å². The van der Waals surface area contributed by atoms with Crippen molar-refractivity contribution in [2.24, 2.45) is 0 Å². The van der Waals surface area contributed by atoms with E-state index in [1.165, 1.54) is 10.8 Å². The smallest absolute Gasteiger partial charge is 0.0699 e. The Bertz CT molecular complexity index is 697. The van der Waals surface area contributed by atoms with Crippen molar-refractivity contribution >= 4 is 10.8 Å². The van der Waals surface area contributed by atoms with Crippen LogP contribution in [0.1, 0.15) is 11.3 Å². The predicted octanol–water partition coefficient (Wildman–Crippen LogP) is 3.64. The lowest BCUT2D eigenvalue weighted by molar-refractivity contribution is 0.281. The Balaban J connectivity index is 2.13. The zero-order valence-corrected chi connectivity index (χ0v) is 10.3. The minimum atomic E-state index is 0.0793. The first-order chi connectivity index (χ1) is 8.78. The first-order valence-corrected chi connectivity index (χ1v) is 6.06. The summed E-state index contributed by atoms with van der Waals surface area (Å²) in [7, 11) is 0. The standard InChI is InChI=1S/C16H15NO/c1-11-15(10-18)9-16(17-11)14-7-6-12-4-2-3-5-13(12)8-14/h2-9,17-18H,10H2,1H3. The van der Waals surface area contributed by atoms with Gasteiger partial charge in [-0.05, 0) is 41.0 Å². The minimum absolute atomic E-state index is 0.0793. The van der Waals surface area contributed by atoms with Crippen molar-refractivity contribution in [2.75, 3.05) is 0 Å². The van der Waals surface area contributed by atoms with Crippen LogP contribution in [-0.4, -0.2) is 10.1 Å². The van der Waals surface area contributed by atoms with E-state index in [0.717, 1.165) is 22.5 Å². The molecule has 0 aliphatic heterocycles. The van der Waals surface area contributed by atoms with E-state index >= 15 is 0 Å². The Labute approximate surface area is 106 Å². The van der Waals surface area contributed by atoms with Gasteiger partial charge in [-0.2, -0.15) is 0 Å². The first kappa shape index (κ1) is 11.1. The van der Waals surface area contributed by atoms with Crippen LogP contribution in [0, 0.1) is 6.92 Å². The highest BCUT2D eigenvalue weighted by Gasteiger charge is 2.06. The molecule has 0 bridgehead atoms. The number of benzene rings is 2. The maximum atomic E-state index is 9.23. The molecule has 0 spiro atoms. The van der Waals surface area contributed by atoms with E-state index in [-0.39, 0.29) is 6.61 Å². The molecule has 0 aliphatic rings. The molecule has 0 radical (unpaired) electrons. The van der Waals surface area contributed by atoms with Crippen LogP contribution in [0.3, 0.4) is 0 Å². The first-order valence-electron chi connectivity index (χ1n) is 6.06. The molecule has 3 rings (SSSR count). The van der Waals surface area contributed by atoms with Crippen molar-refractivity contribution in [3.05, 3.63) is 59.8 Å². The zero-order chi connectivity index (χ0) is 12.5. The van der Waals surface area contributed by atoms with E-state index in [0.29, 0.717) is 0 Å². The quantitative estimate of drug-likeness (QED) is 0.701. The van der Waals surface area contributed by atoms with Crippen molar-refractivity contribution in [3.63, 3.8) is 0 Å². The Morgan fingerprint density at radius 2 is 1.78 bits per heavy atom. The van der Waals surface area contributed by atoms with Gasteiger partial charge in [0.15, 0.2) is 0 Å². The molecular weight excluding hydrogens is 222 g/mol. The number of aromatic amines is 1. The van der Waals surface area contributed by atoms with Gasteiger partial charge >= 0.3 is 0 Å². The van der Waals surface area contributed by atoms with Crippen molar-refractivity contribution < 1.29 is 5.11 Å². The summed E-state index contributed by atoms with van der Waals surface area (Å²) in [5.74, 6) is 0. The van der Waals surface area contributed by atoms with Gasteiger partial charge in [-0.15, -0.1) is 0 Å². The second-order valence-corrected chi connectivity index (χ2v) is 4.55. The Kier molecular flexibility index (Phi) is 2.65.